The molecule has 8 nitrogen and oxygen atoms in total. The molecule has 1 heterocycles. The van der Waals surface area contributed by atoms with Gasteiger partial charge in [-0.25, -0.2) is 4.98 Å². The molecule has 2 rings (SSSR count). The van der Waals surface area contributed by atoms with Crippen molar-refractivity contribution in [2.45, 2.75) is 26.3 Å². The number of methoxy groups -OCH3 is 1. The Labute approximate surface area is 194 Å². The summed E-state index contributed by atoms with van der Waals surface area (Å²) in [6.45, 7) is 3.97. The van der Waals surface area contributed by atoms with Gasteiger partial charge in [0, 0.05) is 30.1 Å². The van der Waals surface area contributed by atoms with Gasteiger partial charge in [-0.15, -0.1) is 11.3 Å². The summed E-state index contributed by atoms with van der Waals surface area (Å²) in [7, 11) is 1.50. The van der Waals surface area contributed by atoms with Crippen molar-refractivity contribution in [3.63, 3.8) is 0 Å². The Bertz CT molecular complexity index is 936. The van der Waals surface area contributed by atoms with Gasteiger partial charge in [0.15, 0.2) is 5.13 Å². The highest BCUT2D eigenvalue weighted by molar-refractivity contribution is 7.13. The van der Waals surface area contributed by atoms with Gasteiger partial charge < -0.3 is 20.3 Å². The number of anilines is 1. The topological polar surface area (TPSA) is 101 Å². The molecule has 11 heteroatoms. The summed E-state index contributed by atoms with van der Waals surface area (Å²) in [6.07, 6.45) is 0.123. The maximum absolute atomic E-state index is 12.9. The number of aromatic nitrogens is 1. The third-order valence-electron chi connectivity index (χ3n) is 3.94. The maximum atomic E-state index is 12.9. The number of carbonyl (C=O) groups excluding carboxylic acids is 3. The second-order valence-corrected chi connectivity index (χ2v) is 8.64. The van der Waals surface area contributed by atoms with Gasteiger partial charge in [-0.05, 0) is 32.0 Å². The van der Waals surface area contributed by atoms with Crippen LogP contribution in [-0.2, 0) is 20.7 Å². The average Bonchev–Trinajstić information content (AvgIpc) is 3.10. The molecule has 0 aliphatic heterocycles. The van der Waals surface area contributed by atoms with E-state index in [4.69, 9.17) is 27.9 Å². The molecule has 0 radical (unpaired) electrons. The van der Waals surface area contributed by atoms with E-state index in [1.807, 2.05) is 13.8 Å². The lowest BCUT2D eigenvalue weighted by molar-refractivity contribution is -0.121. The minimum Gasteiger partial charge on any atom is -0.383 e. The van der Waals surface area contributed by atoms with Crippen molar-refractivity contribution >= 4 is 57.4 Å². The number of amides is 3. The number of rotatable bonds is 10. The van der Waals surface area contributed by atoms with Crippen LogP contribution in [0.15, 0.2) is 23.6 Å². The summed E-state index contributed by atoms with van der Waals surface area (Å²) in [4.78, 5) is 42.9. The first-order valence-electron chi connectivity index (χ1n) is 9.46. The van der Waals surface area contributed by atoms with Crippen molar-refractivity contribution in [2.24, 2.45) is 0 Å². The van der Waals surface area contributed by atoms with E-state index < -0.39 is 11.8 Å². The van der Waals surface area contributed by atoms with Gasteiger partial charge in [0.2, 0.25) is 11.8 Å². The second kappa shape index (κ2) is 12.0. The molecule has 0 saturated heterocycles. The molecule has 168 valence electrons. The number of thiazole rings is 1. The van der Waals surface area contributed by atoms with E-state index in [1.54, 1.807) is 11.4 Å². The molecule has 0 fully saturated rings. The molecule has 0 spiro atoms. The van der Waals surface area contributed by atoms with Gasteiger partial charge in [-0.3, -0.25) is 14.4 Å². The summed E-state index contributed by atoms with van der Waals surface area (Å²) in [5, 5.41) is 8.11. The Balaban J connectivity index is 2.02. The zero-order valence-electron chi connectivity index (χ0n) is 17.4. The van der Waals surface area contributed by atoms with E-state index >= 15 is 0 Å². The Morgan fingerprint density at radius 2 is 1.97 bits per heavy atom. The maximum Gasteiger partial charge on any atom is 0.255 e. The Morgan fingerprint density at radius 1 is 1.23 bits per heavy atom. The third-order valence-corrected chi connectivity index (χ3v) is 5.29. The number of ether oxygens (including phenoxy) is 1. The van der Waals surface area contributed by atoms with Crippen LogP contribution in [0.2, 0.25) is 10.0 Å². The third kappa shape index (κ3) is 8.10. The fraction of sp³-hybridized carbons (Fsp3) is 0.400. The molecule has 1 aromatic carbocycles. The van der Waals surface area contributed by atoms with Crippen molar-refractivity contribution in [2.75, 3.05) is 32.1 Å². The molecule has 0 aliphatic carbocycles. The molecule has 31 heavy (non-hydrogen) atoms. The van der Waals surface area contributed by atoms with Gasteiger partial charge in [-0.2, -0.15) is 0 Å². The normalized spacial score (nSPS) is 10.8. The van der Waals surface area contributed by atoms with Crippen LogP contribution in [-0.4, -0.2) is 60.5 Å². The van der Waals surface area contributed by atoms with Crippen LogP contribution in [0.4, 0.5) is 5.13 Å². The van der Waals surface area contributed by atoms with E-state index in [-0.39, 0.29) is 48.7 Å². The lowest BCUT2D eigenvalue weighted by Crippen LogP contribution is -2.40. The first kappa shape index (κ1) is 25.1. The number of benzene rings is 1. The molecule has 0 saturated carbocycles. The van der Waals surface area contributed by atoms with Gasteiger partial charge in [0.05, 0.1) is 29.3 Å². The number of nitrogens with zero attached hydrogens (tertiary/aromatic N) is 2. The second-order valence-electron chi connectivity index (χ2n) is 6.93. The first-order valence-corrected chi connectivity index (χ1v) is 11.1. The minimum absolute atomic E-state index is 0.0371. The SMILES string of the molecule is COCCN(CC(=O)Nc1nc(CC(=O)NC(C)C)cs1)C(=O)c1ccc(Cl)cc1Cl. The van der Waals surface area contributed by atoms with Crippen LogP contribution < -0.4 is 10.6 Å². The van der Waals surface area contributed by atoms with Crippen molar-refractivity contribution in [1.29, 1.82) is 0 Å². The number of hydrogen-bond donors (Lipinski definition) is 2. The van der Waals surface area contributed by atoms with Crippen molar-refractivity contribution in [3.05, 3.63) is 44.9 Å². The summed E-state index contributed by atoms with van der Waals surface area (Å²) in [6, 6.07) is 4.58. The van der Waals surface area contributed by atoms with Crippen molar-refractivity contribution in [3.8, 4) is 0 Å². The van der Waals surface area contributed by atoms with Crippen LogP contribution in [0.1, 0.15) is 29.9 Å². The van der Waals surface area contributed by atoms with Crippen molar-refractivity contribution < 1.29 is 19.1 Å². The minimum atomic E-state index is -0.429. The van der Waals surface area contributed by atoms with Crippen LogP contribution in [0, 0.1) is 0 Å². The lowest BCUT2D eigenvalue weighted by Gasteiger charge is -2.22. The fourth-order valence-corrected chi connectivity index (χ4v) is 3.82. The predicted octanol–water partition coefficient (Wildman–Crippen LogP) is 3.24. The van der Waals surface area contributed by atoms with Gasteiger partial charge >= 0.3 is 0 Å². The molecule has 0 bridgehead atoms. The average molecular weight is 487 g/mol. The first-order chi connectivity index (χ1) is 14.7. The zero-order valence-corrected chi connectivity index (χ0v) is 19.7. The predicted molar refractivity (Wildman–Crippen MR) is 122 cm³/mol. The highest BCUT2D eigenvalue weighted by atomic mass is 35.5. The van der Waals surface area contributed by atoms with Crippen molar-refractivity contribution in [1.82, 2.24) is 15.2 Å². The summed E-state index contributed by atoms with van der Waals surface area (Å²) in [5.74, 6) is -0.990. The Morgan fingerprint density at radius 3 is 2.61 bits per heavy atom. The number of halogens is 2. The molecule has 1 aromatic heterocycles. The highest BCUT2D eigenvalue weighted by Gasteiger charge is 2.22. The standard InChI is InChI=1S/C20H24Cl2N4O4S/c1-12(2)23-17(27)9-14-11-31-20(24-14)25-18(28)10-26(6-7-30-3)19(29)15-5-4-13(21)8-16(15)22/h4-5,8,11-12H,6-7,9-10H2,1-3H3,(H,23,27)(H,24,25,28). The Hall–Kier alpha value is -2.20. The van der Waals surface area contributed by atoms with E-state index in [0.29, 0.717) is 15.8 Å². The largest absolute Gasteiger partial charge is 0.383 e. The molecular weight excluding hydrogens is 463 g/mol. The lowest BCUT2D eigenvalue weighted by atomic mass is 10.2. The smallest absolute Gasteiger partial charge is 0.255 e. The van der Waals surface area contributed by atoms with Crippen LogP contribution in [0.25, 0.3) is 0 Å². The van der Waals surface area contributed by atoms with E-state index in [1.165, 1.54) is 35.5 Å². The number of hydrogen-bond acceptors (Lipinski definition) is 6. The summed E-state index contributed by atoms with van der Waals surface area (Å²) in [5.41, 5.74) is 0.793. The molecule has 0 atom stereocenters. The summed E-state index contributed by atoms with van der Waals surface area (Å²) < 4.78 is 5.05. The van der Waals surface area contributed by atoms with Gasteiger partial charge in [0.25, 0.3) is 5.91 Å². The monoisotopic (exact) mass is 486 g/mol. The molecule has 3 amide bonds. The molecular formula is C20H24Cl2N4O4S. The zero-order chi connectivity index (χ0) is 23.0. The van der Waals surface area contributed by atoms with Gasteiger partial charge in [-0.1, -0.05) is 23.2 Å². The van der Waals surface area contributed by atoms with Gasteiger partial charge in [0.1, 0.15) is 6.54 Å². The molecule has 2 aromatic rings. The molecule has 0 aliphatic rings. The summed E-state index contributed by atoms with van der Waals surface area (Å²) >= 11 is 13.2. The van der Waals surface area contributed by atoms with Crippen LogP contribution >= 0.6 is 34.5 Å². The van der Waals surface area contributed by atoms with Crippen LogP contribution in [0.3, 0.4) is 0 Å². The molecule has 2 N–H and O–H groups in total. The number of carbonyl (C=O) groups is 3. The highest BCUT2D eigenvalue weighted by Crippen LogP contribution is 2.22. The van der Waals surface area contributed by atoms with E-state index in [0.717, 1.165) is 0 Å². The fourth-order valence-electron chi connectivity index (χ4n) is 2.60. The number of nitrogens with one attached hydrogen (secondary N) is 2. The quantitative estimate of drug-likeness (QED) is 0.536. The van der Waals surface area contributed by atoms with Crippen LogP contribution in [0.5, 0.6) is 0 Å². The van der Waals surface area contributed by atoms with E-state index in [9.17, 15) is 14.4 Å². The van der Waals surface area contributed by atoms with E-state index in [2.05, 4.69) is 15.6 Å². The molecule has 0 unspecified atom stereocenters. The Kier molecular flexibility index (Phi) is 9.70.